The largest absolute Gasteiger partial charge is 0.392 e. The van der Waals surface area contributed by atoms with Gasteiger partial charge in [-0.2, -0.15) is 11.8 Å². The summed E-state index contributed by atoms with van der Waals surface area (Å²) in [7, 11) is 1.89. The molecule has 1 heterocycles. The molecule has 102 valence electrons. The molecule has 1 aromatic heterocycles. The van der Waals surface area contributed by atoms with Crippen LogP contribution in [0.1, 0.15) is 19.4 Å². The normalized spacial score (nSPS) is 14.3. The highest BCUT2D eigenvalue weighted by atomic mass is 32.2. The number of fused-ring (bicyclic) bond motifs is 1. The van der Waals surface area contributed by atoms with Gasteiger partial charge in [0.25, 0.3) is 0 Å². The van der Waals surface area contributed by atoms with Crippen molar-refractivity contribution in [1.29, 1.82) is 0 Å². The van der Waals surface area contributed by atoms with E-state index in [1.165, 1.54) is 5.56 Å². The number of hydrogen-bond donors (Lipinski definition) is 2. The quantitative estimate of drug-likeness (QED) is 0.879. The first-order valence-electron chi connectivity index (χ1n) is 6.48. The topological polar surface area (TPSA) is 45.2 Å². The van der Waals surface area contributed by atoms with E-state index in [-0.39, 0.29) is 11.4 Å². The smallest absolute Gasteiger partial charge is 0.130 e. The number of aliphatic hydroxyl groups excluding tert-OH is 1. The molecular formula is C15H20N2OS. The molecule has 0 fully saturated rings. The van der Waals surface area contributed by atoms with Gasteiger partial charge in [-0.3, -0.25) is 0 Å². The minimum Gasteiger partial charge on any atom is -0.392 e. The Morgan fingerprint density at radius 1 is 1.32 bits per heavy atom. The molecule has 0 amide bonds. The summed E-state index contributed by atoms with van der Waals surface area (Å²) in [4.78, 5) is 4.63. The number of aliphatic hydroxyl groups is 1. The zero-order chi connectivity index (χ0) is 13.8. The van der Waals surface area contributed by atoms with E-state index in [9.17, 15) is 5.11 Å². The Morgan fingerprint density at radius 3 is 2.74 bits per heavy atom. The molecule has 2 N–H and O–H groups in total. The van der Waals surface area contributed by atoms with Crippen molar-refractivity contribution in [2.45, 2.75) is 31.0 Å². The van der Waals surface area contributed by atoms with Crippen molar-refractivity contribution in [2.75, 3.05) is 12.4 Å². The van der Waals surface area contributed by atoms with Crippen molar-refractivity contribution in [3.05, 3.63) is 35.9 Å². The Bertz CT molecular complexity index is 557. The van der Waals surface area contributed by atoms with Gasteiger partial charge in [0.05, 0.1) is 11.6 Å². The second kappa shape index (κ2) is 6.26. The summed E-state index contributed by atoms with van der Waals surface area (Å²) in [6.45, 7) is 3.87. The van der Waals surface area contributed by atoms with Gasteiger partial charge in [-0.05, 0) is 19.1 Å². The van der Waals surface area contributed by atoms with Crippen molar-refractivity contribution >= 4 is 28.5 Å². The molecule has 2 aromatic rings. The van der Waals surface area contributed by atoms with Crippen LogP contribution in [0.15, 0.2) is 30.3 Å². The van der Waals surface area contributed by atoms with Gasteiger partial charge in [-0.15, -0.1) is 0 Å². The molecule has 4 heteroatoms. The van der Waals surface area contributed by atoms with E-state index in [1.54, 1.807) is 11.8 Å². The zero-order valence-corrected chi connectivity index (χ0v) is 12.4. The molecule has 0 saturated heterocycles. The summed E-state index contributed by atoms with van der Waals surface area (Å²) in [6.07, 6.45) is -0.295. The van der Waals surface area contributed by atoms with Crippen molar-refractivity contribution in [3.8, 4) is 0 Å². The number of pyridine rings is 1. The van der Waals surface area contributed by atoms with Crippen LogP contribution in [0.25, 0.3) is 10.9 Å². The summed E-state index contributed by atoms with van der Waals surface area (Å²) in [5, 5.41) is 14.1. The van der Waals surface area contributed by atoms with Gasteiger partial charge in [-0.1, -0.05) is 25.1 Å². The van der Waals surface area contributed by atoms with Crippen molar-refractivity contribution < 1.29 is 5.11 Å². The monoisotopic (exact) mass is 276 g/mol. The molecule has 0 bridgehead atoms. The summed E-state index contributed by atoms with van der Waals surface area (Å²) >= 11 is 1.75. The molecular weight excluding hydrogens is 256 g/mol. The van der Waals surface area contributed by atoms with E-state index in [0.29, 0.717) is 0 Å². The van der Waals surface area contributed by atoms with E-state index < -0.39 is 0 Å². The summed E-state index contributed by atoms with van der Waals surface area (Å²) in [6, 6.07) is 10.3. The molecule has 0 aliphatic carbocycles. The third kappa shape index (κ3) is 3.39. The third-order valence-corrected chi connectivity index (χ3v) is 4.62. The fourth-order valence-corrected chi connectivity index (χ4v) is 2.79. The first kappa shape index (κ1) is 14.2. The number of thioether (sulfide) groups is 1. The van der Waals surface area contributed by atoms with E-state index in [4.69, 9.17) is 0 Å². The predicted octanol–water partition coefficient (Wildman–Crippen LogP) is 3.28. The maximum absolute atomic E-state index is 9.55. The van der Waals surface area contributed by atoms with Crippen LogP contribution in [0.5, 0.6) is 0 Å². The molecule has 0 saturated carbocycles. The van der Waals surface area contributed by atoms with Gasteiger partial charge in [0.1, 0.15) is 5.82 Å². The van der Waals surface area contributed by atoms with Crippen LogP contribution in [-0.2, 0) is 5.75 Å². The molecule has 3 nitrogen and oxygen atoms in total. The average Bonchev–Trinajstić information content (AvgIpc) is 2.43. The Labute approximate surface area is 118 Å². The summed E-state index contributed by atoms with van der Waals surface area (Å²) in [5.74, 6) is 1.77. The Morgan fingerprint density at radius 2 is 2.05 bits per heavy atom. The molecule has 0 radical (unpaired) electrons. The Kier molecular flexibility index (Phi) is 4.66. The highest BCUT2D eigenvalue weighted by molar-refractivity contribution is 7.99. The van der Waals surface area contributed by atoms with Crippen molar-refractivity contribution in [3.63, 3.8) is 0 Å². The van der Waals surface area contributed by atoms with Crippen LogP contribution in [0.2, 0.25) is 0 Å². The number of rotatable bonds is 5. The van der Waals surface area contributed by atoms with Gasteiger partial charge >= 0.3 is 0 Å². The van der Waals surface area contributed by atoms with Gasteiger partial charge in [0.2, 0.25) is 0 Å². The first-order chi connectivity index (χ1) is 9.11. The lowest BCUT2D eigenvalue weighted by atomic mass is 10.1. The molecule has 0 spiro atoms. The first-order valence-corrected chi connectivity index (χ1v) is 7.52. The van der Waals surface area contributed by atoms with E-state index in [0.717, 1.165) is 22.5 Å². The number of nitrogens with zero attached hydrogens (tertiary/aromatic N) is 1. The highest BCUT2D eigenvalue weighted by Crippen LogP contribution is 2.26. The number of anilines is 1. The minimum absolute atomic E-state index is 0.219. The van der Waals surface area contributed by atoms with Crippen LogP contribution >= 0.6 is 11.8 Å². The predicted molar refractivity (Wildman–Crippen MR) is 83.7 cm³/mol. The van der Waals surface area contributed by atoms with Crippen molar-refractivity contribution in [2.24, 2.45) is 0 Å². The number of benzene rings is 1. The minimum atomic E-state index is -0.295. The SMILES string of the molecule is CNc1nc2ccccc2cc1CSC(C)C(C)O. The Balaban J connectivity index is 2.25. The van der Waals surface area contributed by atoms with Gasteiger partial charge in [0, 0.05) is 29.0 Å². The number of hydrogen-bond acceptors (Lipinski definition) is 4. The van der Waals surface area contributed by atoms with Crippen LogP contribution in [0.4, 0.5) is 5.82 Å². The molecule has 0 aliphatic heterocycles. The number of aromatic nitrogens is 1. The second-order valence-electron chi connectivity index (χ2n) is 4.70. The van der Waals surface area contributed by atoms with E-state index in [2.05, 4.69) is 22.4 Å². The average molecular weight is 276 g/mol. The van der Waals surface area contributed by atoms with Crippen LogP contribution < -0.4 is 5.32 Å². The Hall–Kier alpha value is -1.26. The fourth-order valence-electron chi connectivity index (χ4n) is 1.85. The molecule has 1 aromatic carbocycles. The third-order valence-electron chi connectivity index (χ3n) is 3.22. The van der Waals surface area contributed by atoms with Crippen LogP contribution in [0.3, 0.4) is 0 Å². The van der Waals surface area contributed by atoms with E-state index in [1.807, 2.05) is 39.1 Å². The summed E-state index contributed by atoms with van der Waals surface area (Å²) in [5.41, 5.74) is 2.18. The van der Waals surface area contributed by atoms with Crippen molar-refractivity contribution in [1.82, 2.24) is 4.98 Å². The number of nitrogens with one attached hydrogen (secondary N) is 1. The second-order valence-corrected chi connectivity index (χ2v) is 6.06. The molecule has 0 aliphatic rings. The highest BCUT2D eigenvalue weighted by Gasteiger charge is 2.12. The lowest BCUT2D eigenvalue weighted by Crippen LogP contribution is -2.15. The summed E-state index contributed by atoms with van der Waals surface area (Å²) < 4.78 is 0. The van der Waals surface area contributed by atoms with Gasteiger partial charge in [0.15, 0.2) is 0 Å². The van der Waals surface area contributed by atoms with Crippen LogP contribution in [-0.4, -0.2) is 28.5 Å². The molecule has 2 unspecified atom stereocenters. The lowest BCUT2D eigenvalue weighted by Gasteiger charge is -2.15. The molecule has 2 rings (SSSR count). The number of para-hydroxylation sites is 1. The zero-order valence-electron chi connectivity index (χ0n) is 11.6. The fraction of sp³-hybridized carbons (Fsp3) is 0.400. The van der Waals surface area contributed by atoms with Crippen LogP contribution in [0, 0.1) is 0 Å². The maximum atomic E-state index is 9.55. The maximum Gasteiger partial charge on any atom is 0.130 e. The standard InChI is InChI=1S/C15H20N2OS/c1-10(18)11(2)19-9-13-8-12-6-4-5-7-14(12)17-15(13)16-3/h4-8,10-11,18H,9H2,1-3H3,(H,16,17). The van der Waals surface area contributed by atoms with Gasteiger partial charge in [-0.25, -0.2) is 4.98 Å². The molecule has 19 heavy (non-hydrogen) atoms. The van der Waals surface area contributed by atoms with E-state index >= 15 is 0 Å². The molecule has 2 atom stereocenters. The lowest BCUT2D eigenvalue weighted by molar-refractivity contribution is 0.196. The van der Waals surface area contributed by atoms with Gasteiger partial charge < -0.3 is 10.4 Å².